The van der Waals surface area contributed by atoms with Crippen molar-refractivity contribution < 1.29 is 8.95 Å². The molecule has 0 saturated heterocycles. The summed E-state index contributed by atoms with van der Waals surface area (Å²) >= 11 is 1.16. The maximum atomic E-state index is 12.3. The molecule has 0 saturated carbocycles. The monoisotopic (exact) mass is 303 g/mol. The molecule has 0 aromatic heterocycles. The minimum absolute atomic E-state index is 0.485. The lowest BCUT2D eigenvalue weighted by molar-refractivity contribution is 0.344. The van der Waals surface area contributed by atoms with Gasteiger partial charge in [-0.2, -0.15) is 5.26 Å². The molecule has 0 radical (unpaired) electrons. The van der Waals surface area contributed by atoms with Crippen LogP contribution in [0.5, 0.6) is 5.75 Å². The van der Waals surface area contributed by atoms with Gasteiger partial charge in [0.25, 0.3) is 0 Å². The highest BCUT2D eigenvalue weighted by molar-refractivity contribution is 8.03. The number of hydrogen-bond acceptors (Lipinski definition) is 4. The van der Waals surface area contributed by atoms with E-state index in [4.69, 9.17) is 10.00 Å². The van der Waals surface area contributed by atoms with Gasteiger partial charge in [0.1, 0.15) is 11.2 Å². The topological polar surface area (TPSA) is 50.1 Å². The van der Waals surface area contributed by atoms with Crippen molar-refractivity contribution in [1.82, 2.24) is 0 Å². The summed E-state index contributed by atoms with van der Waals surface area (Å²) in [5.74, 6) is 1.35. The third-order valence-electron chi connectivity index (χ3n) is 2.51. The Morgan fingerprint density at radius 1 is 1.05 bits per heavy atom. The summed E-state index contributed by atoms with van der Waals surface area (Å²) in [6, 6.07) is 16.5. The summed E-state index contributed by atoms with van der Waals surface area (Å²) in [4.78, 5) is 1.53. The van der Waals surface area contributed by atoms with Crippen molar-refractivity contribution in [2.24, 2.45) is 0 Å². The first-order valence-electron chi connectivity index (χ1n) is 6.02. The van der Waals surface area contributed by atoms with Crippen LogP contribution in [0.15, 0.2) is 64.4 Å². The first-order valence-corrected chi connectivity index (χ1v) is 8.15. The molecule has 0 aliphatic rings. The fraction of sp³-hybridized carbons (Fsp3) is 0.133. The molecular formula is C15H13NO2S2. The van der Waals surface area contributed by atoms with Crippen LogP contribution in [0.1, 0.15) is 0 Å². The molecule has 2 rings (SSSR count). The first kappa shape index (κ1) is 14.6. The van der Waals surface area contributed by atoms with Crippen molar-refractivity contribution in [1.29, 1.82) is 5.26 Å². The molecule has 0 aliphatic carbocycles. The Morgan fingerprint density at radius 3 is 2.35 bits per heavy atom. The molecule has 0 heterocycles. The van der Waals surface area contributed by atoms with Crippen LogP contribution in [0.4, 0.5) is 0 Å². The quantitative estimate of drug-likeness (QED) is 0.606. The first-order chi connectivity index (χ1) is 9.81. The van der Waals surface area contributed by atoms with Gasteiger partial charge in [0.15, 0.2) is 0 Å². The fourth-order valence-electron chi connectivity index (χ4n) is 1.59. The number of hydrogen-bond donors (Lipinski definition) is 0. The molecule has 3 nitrogen and oxygen atoms in total. The summed E-state index contributed by atoms with van der Waals surface area (Å²) < 4.78 is 17.8. The Hall–Kier alpha value is -1.77. The van der Waals surface area contributed by atoms with E-state index >= 15 is 0 Å². The van der Waals surface area contributed by atoms with Gasteiger partial charge >= 0.3 is 0 Å². The maximum absolute atomic E-state index is 12.3. The molecule has 0 N–H and O–H groups in total. The molecule has 0 unspecified atom stereocenters. The van der Waals surface area contributed by atoms with Gasteiger partial charge in [0.2, 0.25) is 0 Å². The predicted molar refractivity (Wildman–Crippen MR) is 81.1 cm³/mol. The van der Waals surface area contributed by atoms with Gasteiger partial charge in [0, 0.05) is 15.5 Å². The van der Waals surface area contributed by atoms with Crippen molar-refractivity contribution in [3.8, 4) is 11.2 Å². The summed E-state index contributed by atoms with van der Waals surface area (Å²) in [5, 5.41) is 10.4. The van der Waals surface area contributed by atoms with Crippen molar-refractivity contribution in [2.75, 3.05) is 12.4 Å². The molecule has 20 heavy (non-hydrogen) atoms. The summed E-state index contributed by atoms with van der Waals surface area (Å²) in [6.45, 7) is 0.485. The predicted octanol–water partition coefficient (Wildman–Crippen LogP) is 3.45. The van der Waals surface area contributed by atoms with E-state index in [2.05, 4.69) is 0 Å². The van der Waals surface area contributed by atoms with Crippen LogP contribution in [0.2, 0.25) is 0 Å². The summed E-state index contributed by atoms with van der Waals surface area (Å²) in [6.07, 6.45) is 0. The minimum Gasteiger partial charge on any atom is -0.493 e. The second-order valence-electron chi connectivity index (χ2n) is 3.84. The number of thioether (sulfide) groups is 1. The molecule has 0 aliphatic heterocycles. The Morgan fingerprint density at radius 2 is 1.70 bits per heavy atom. The molecule has 5 heteroatoms. The largest absolute Gasteiger partial charge is 0.493 e. The number of nitrogens with zero attached hydrogens (tertiary/aromatic N) is 1. The van der Waals surface area contributed by atoms with Crippen LogP contribution in [0.3, 0.4) is 0 Å². The zero-order valence-electron chi connectivity index (χ0n) is 10.7. The molecule has 1 atom stereocenters. The van der Waals surface area contributed by atoms with E-state index in [1.54, 1.807) is 24.3 Å². The van der Waals surface area contributed by atoms with E-state index < -0.39 is 10.8 Å². The Kier molecular flexibility index (Phi) is 5.66. The van der Waals surface area contributed by atoms with Gasteiger partial charge in [-0.25, -0.2) is 4.21 Å². The molecule has 0 amide bonds. The SMILES string of the molecule is N#CSCCOc1ccc([S@](=O)c2ccccc2)cc1. The highest BCUT2D eigenvalue weighted by Gasteiger charge is 2.06. The molecule has 0 spiro atoms. The number of nitriles is 1. The maximum Gasteiger partial charge on any atom is 0.133 e. The molecule has 0 fully saturated rings. The Balaban J connectivity index is 1.98. The van der Waals surface area contributed by atoms with E-state index in [0.717, 1.165) is 27.3 Å². The standard InChI is InChI=1S/C15H13NO2S2/c16-12-19-11-10-18-13-6-8-15(9-7-13)20(17)14-4-2-1-3-5-14/h1-9H,10-11H2/t20-/m1/s1. The molecule has 2 aromatic carbocycles. The average Bonchev–Trinajstić information content (AvgIpc) is 2.52. The van der Waals surface area contributed by atoms with Crippen molar-refractivity contribution >= 4 is 22.6 Å². The fourth-order valence-corrected chi connectivity index (χ4v) is 2.90. The summed E-state index contributed by atoms with van der Waals surface area (Å²) in [7, 11) is -1.17. The Labute approximate surface area is 125 Å². The zero-order chi connectivity index (χ0) is 14.2. The van der Waals surface area contributed by atoms with Crippen LogP contribution in [0, 0.1) is 10.7 Å². The average molecular weight is 303 g/mol. The zero-order valence-corrected chi connectivity index (χ0v) is 12.3. The van der Waals surface area contributed by atoms with Gasteiger partial charge < -0.3 is 4.74 Å². The van der Waals surface area contributed by atoms with Gasteiger partial charge in [-0.05, 0) is 48.2 Å². The lowest BCUT2D eigenvalue weighted by Gasteiger charge is -2.06. The lowest BCUT2D eigenvalue weighted by Crippen LogP contribution is -1.99. The third kappa shape index (κ3) is 4.12. The van der Waals surface area contributed by atoms with Crippen molar-refractivity contribution in [3.05, 3.63) is 54.6 Å². The second-order valence-corrected chi connectivity index (χ2v) is 6.20. The number of thiocyanates is 1. The van der Waals surface area contributed by atoms with Gasteiger partial charge in [0.05, 0.1) is 17.4 Å². The molecule has 2 aromatic rings. The molecule has 102 valence electrons. The molecule has 0 bridgehead atoms. The van der Waals surface area contributed by atoms with E-state index in [-0.39, 0.29) is 0 Å². The highest BCUT2D eigenvalue weighted by Crippen LogP contribution is 2.19. The van der Waals surface area contributed by atoms with Crippen molar-refractivity contribution in [2.45, 2.75) is 9.79 Å². The lowest BCUT2D eigenvalue weighted by atomic mass is 10.3. The minimum atomic E-state index is -1.17. The van der Waals surface area contributed by atoms with E-state index in [9.17, 15) is 4.21 Å². The molecular weight excluding hydrogens is 290 g/mol. The second kappa shape index (κ2) is 7.73. The third-order valence-corrected chi connectivity index (χ3v) is 4.41. The van der Waals surface area contributed by atoms with E-state index in [0.29, 0.717) is 12.4 Å². The van der Waals surface area contributed by atoms with Gasteiger partial charge in [-0.15, -0.1) is 0 Å². The normalized spacial score (nSPS) is 11.6. The number of benzene rings is 2. The summed E-state index contributed by atoms with van der Waals surface area (Å²) in [5.41, 5.74) is 0. The van der Waals surface area contributed by atoms with Crippen molar-refractivity contribution in [3.63, 3.8) is 0 Å². The Bertz CT molecular complexity index is 606. The van der Waals surface area contributed by atoms with Gasteiger partial charge in [-0.1, -0.05) is 18.2 Å². The van der Waals surface area contributed by atoms with Crippen LogP contribution >= 0.6 is 11.8 Å². The van der Waals surface area contributed by atoms with E-state index in [1.165, 1.54) is 0 Å². The van der Waals surface area contributed by atoms with Gasteiger partial charge in [-0.3, -0.25) is 0 Å². The number of rotatable bonds is 6. The highest BCUT2D eigenvalue weighted by atomic mass is 32.2. The van der Waals surface area contributed by atoms with Crippen LogP contribution in [0.25, 0.3) is 0 Å². The van der Waals surface area contributed by atoms with Crippen LogP contribution in [-0.2, 0) is 10.8 Å². The smallest absolute Gasteiger partial charge is 0.133 e. The van der Waals surface area contributed by atoms with E-state index in [1.807, 2.05) is 35.7 Å². The van der Waals surface area contributed by atoms with Crippen LogP contribution in [-0.4, -0.2) is 16.6 Å². The van der Waals surface area contributed by atoms with Crippen LogP contribution < -0.4 is 4.74 Å². The number of ether oxygens (including phenoxy) is 1.